The maximum Gasteiger partial charge on any atom is 0.417 e. The summed E-state index contributed by atoms with van der Waals surface area (Å²) < 4.78 is 24.9. The number of rotatable bonds is 11. The first-order chi connectivity index (χ1) is 19.6. The van der Waals surface area contributed by atoms with E-state index < -0.39 is 31.3 Å². The van der Waals surface area contributed by atoms with Gasteiger partial charge in [0, 0.05) is 58.8 Å². The van der Waals surface area contributed by atoms with Crippen LogP contribution in [0.15, 0.2) is 27.6 Å². The molecule has 1 aliphatic heterocycles. The molecule has 0 aliphatic carbocycles. The number of likely N-dealkylation sites (tertiary alicyclic amines) is 1. The number of hydrogen-bond donors (Lipinski definition) is 0. The van der Waals surface area contributed by atoms with Crippen LogP contribution in [0, 0.1) is 11.8 Å². The molecular weight excluding hydrogens is 762 g/mol. The summed E-state index contributed by atoms with van der Waals surface area (Å²) in [6.45, 7) is 13.0. The minimum atomic E-state index is -0.675. The highest BCUT2D eigenvalue weighted by molar-refractivity contribution is 14.2. The van der Waals surface area contributed by atoms with E-state index in [0.29, 0.717) is 33.6 Å². The van der Waals surface area contributed by atoms with Crippen molar-refractivity contribution in [2.75, 3.05) is 0 Å². The SMILES string of the molecule is [3H]P=S(I)O[C@@H](C)C/C(C)=C/C#CC(=O)O[C@H](/C=C(\C)Br)Cc1nc([C@@H](C)C[C@@H]2CC(=O)N2C(=O)OC(C)(C)C)cs1. The van der Waals surface area contributed by atoms with Crippen molar-refractivity contribution >= 4 is 81.9 Å². The molecule has 1 aliphatic rings. The van der Waals surface area contributed by atoms with Crippen molar-refractivity contribution in [2.24, 2.45) is 0 Å². The van der Waals surface area contributed by atoms with Crippen LogP contribution in [0.2, 0.25) is 0 Å². The quantitative estimate of drug-likeness (QED) is 0.0568. The Morgan fingerprint density at radius 2 is 2.12 bits per heavy atom. The summed E-state index contributed by atoms with van der Waals surface area (Å²) >= 11 is 7.00. The number of carbonyl (C=O) groups is 3. The van der Waals surface area contributed by atoms with E-state index in [9.17, 15) is 14.4 Å². The molecule has 1 fully saturated rings. The van der Waals surface area contributed by atoms with Crippen molar-refractivity contribution in [2.45, 2.75) is 104 Å². The summed E-state index contributed by atoms with van der Waals surface area (Å²) in [5, 5.41) is 2.76. The number of ether oxygens (including phenoxy) is 2. The molecule has 1 unspecified atom stereocenters. The maximum atomic E-state index is 12.5. The fraction of sp³-hybridized carbons (Fsp3) is 0.571. The smallest absolute Gasteiger partial charge is 0.417 e. The molecule has 1 aromatic heterocycles. The van der Waals surface area contributed by atoms with Crippen LogP contribution in [0.1, 0.15) is 84.3 Å². The molecule has 2 rings (SSSR count). The Kier molecular flexibility index (Phi) is 14.0. The molecule has 1 aromatic rings. The van der Waals surface area contributed by atoms with Crippen LogP contribution in [0.25, 0.3) is 0 Å². The Balaban J connectivity index is 1.98. The fourth-order valence-corrected chi connectivity index (χ4v) is 7.14. The van der Waals surface area contributed by atoms with E-state index in [-0.39, 0.29) is 24.0 Å². The van der Waals surface area contributed by atoms with Gasteiger partial charge in [-0.2, -0.15) is 0 Å². The standard InChI is InChI=1S/C28H37BrIN2O6PS2/c1-17(11-20(4)38-41(30)39)9-8-10-26(34)36-22(13-19(3)29)15-24-31-23(16-40-24)18(2)12-21-14-25(33)32(21)27(35)37-28(5,6)7/h9,13,16,18,20-22,39H,11-12,14-15H2,1-7H3/b17-9+,19-13+/t18-,20-,21+,22+,41?/m0/s1/i39T. The number of esters is 1. The van der Waals surface area contributed by atoms with Crippen LogP contribution in [0.4, 0.5) is 4.79 Å². The molecule has 226 valence electrons. The molecule has 0 spiro atoms. The molecule has 2 amide bonds. The highest BCUT2D eigenvalue weighted by Gasteiger charge is 2.43. The molecule has 8 nitrogen and oxygen atoms in total. The minimum absolute atomic E-state index is 0.0105. The first-order valence-electron chi connectivity index (χ1n) is 13.5. The number of allylic oxidation sites excluding steroid dienone is 2. The number of halogens is 2. The second-order valence-electron chi connectivity index (χ2n) is 10.9. The van der Waals surface area contributed by atoms with Crippen LogP contribution in [-0.2, 0) is 37.2 Å². The molecule has 13 heteroatoms. The van der Waals surface area contributed by atoms with Gasteiger partial charge in [-0.05, 0) is 71.0 Å². The van der Waals surface area contributed by atoms with Gasteiger partial charge in [-0.15, -0.1) is 11.3 Å². The van der Waals surface area contributed by atoms with Crippen LogP contribution >= 0.6 is 56.4 Å². The second kappa shape index (κ2) is 16.7. The van der Waals surface area contributed by atoms with Crippen LogP contribution in [-0.4, -0.2) is 53.0 Å². The summed E-state index contributed by atoms with van der Waals surface area (Å²) in [7, 11) is 0.00607. The van der Waals surface area contributed by atoms with E-state index in [1.165, 1.54) is 16.2 Å². The first-order valence-corrected chi connectivity index (χ1v) is 19.4. The lowest BCUT2D eigenvalue weighted by atomic mass is 9.91. The van der Waals surface area contributed by atoms with Gasteiger partial charge in [-0.3, -0.25) is 4.79 Å². The largest absolute Gasteiger partial charge is 0.448 e. The van der Waals surface area contributed by atoms with E-state index in [2.05, 4.69) is 49.0 Å². The first kappa shape index (κ1) is 34.4. The number of amides is 2. The van der Waals surface area contributed by atoms with E-state index in [1.807, 2.05) is 33.1 Å². The maximum absolute atomic E-state index is 12.5. The monoisotopic (exact) mass is 800 g/mol. The Morgan fingerprint density at radius 1 is 1.41 bits per heavy atom. The third-order valence-electron chi connectivity index (χ3n) is 5.73. The van der Waals surface area contributed by atoms with Gasteiger partial charge in [-0.25, -0.2) is 19.5 Å². The number of nitrogens with zero attached hydrogens (tertiary/aromatic N) is 2. The summed E-state index contributed by atoms with van der Waals surface area (Å²) in [6.07, 6.45) is 4.20. The van der Waals surface area contributed by atoms with E-state index >= 15 is 0 Å². The topological polar surface area (TPSA) is 95.0 Å². The summed E-state index contributed by atoms with van der Waals surface area (Å²) in [5.74, 6) is 4.44. The molecule has 0 N–H and O–H groups in total. The van der Waals surface area contributed by atoms with Crippen LogP contribution in [0.5, 0.6) is 0 Å². The lowest BCUT2D eigenvalue weighted by molar-refractivity contribution is -0.144. The number of hydrogen-bond acceptors (Lipinski definition) is 8. The predicted octanol–water partition coefficient (Wildman–Crippen LogP) is 7.61. The van der Waals surface area contributed by atoms with Gasteiger partial charge >= 0.3 is 12.1 Å². The average molecular weight is 802 g/mol. The van der Waals surface area contributed by atoms with E-state index in [1.54, 1.807) is 32.9 Å². The Labute approximate surface area is 273 Å². The van der Waals surface area contributed by atoms with Crippen molar-refractivity contribution in [3.63, 3.8) is 0 Å². The highest BCUT2D eigenvalue weighted by Crippen LogP contribution is 2.32. The summed E-state index contributed by atoms with van der Waals surface area (Å²) in [5.41, 5.74) is 1.15. The number of β-lactam (4-membered cyclic amide) rings is 1. The Hall–Kier alpha value is -1.10. The highest BCUT2D eigenvalue weighted by atomic mass is 127. The third-order valence-corrected chi connectivity index (χ3v) is 8.25. The molecule has 1 saturated heterocycles. The van der Waals surface area contributed by atoms with Crippen molar-refractivity contribution in [3.05, 3.63) is 38.3 Å². The van der Waals surface area contributed by atoms with E-state index in [4.69, 9.17) is 19.9 Å². The molecule has 5 atom stereocenters. The molecule has 0 bridgehead atoms. The van der Waals surface area contributed by atoms with Gasteiger partial charge in [0.2, 0.25) is 5.91 Å². The Bertz CT molecular complexity index is 1300. The molecule has 2 heterocycles. The molecular formula is C28H37BrIN2O6PS2. The lowest BCUT2D eigenvalue weighted by Gasteiger charge is -2.40. The van der Waals surface area contributed by atoms with Crippen molar-refractivity contribution < 1.29 is 28.0 Å². The normalized spacial score (nSPS) is 19.3. The number of carbonyl (C=O) groups excluding carboxylic acids is 3. The van der Waals surface area contributed by atoms with Gasteiger partial charge < -0.3 is 13.7 Å². The van der Waals surface area contributed by atoms with Gasteiger partial charge in [0.15, 0.2) is 0 Å². The van der Waals surface area contributed by atoms with Gasteiger partial charge in [0.05, 0.1) is 22.8 Å². The van der Waals surface area contributed by atoms with Crippen LogP contribution < -0.4 is 0 Å². The van der Waals surface area contributed by atoms with E-state index in [0.717, 1.165) is 20.8 Å². The predicted molar refractivity (Wildman–Crippen MR) is 179 cm³/mol. The minimum Gasteiger partial charge on any atom is -0.448 e. The Morgan fingerprint density at radius 3 is 2.73 bits per heavy atom. The summed E-state index contributed by atoms with van der Waals surface area (Å²) in [6, 6.07) is -0.223. The average Bonchev–Trinajstić information content (AvgIpc) is 3.30. The van der Waals surface area contributed by atoms with Gasteiger partial charge in [-0.1, -0.05) is 42.3 Å². The zero-order chi connectivity index (χ0) is 31.6. The summed E-state index contributed by atoms with van der Waals surface area (Å²) in [4.78, 5) is 43.0. The fourth-order valence-electron chi connectivity index (χ4n) is 4.04. The lowest BCUT2D eigenvalue weighted by Crippen LogP contribution is -2.57. The van der Waals surface area contributed by atoms with Crippen molar-refractivity contribution in [3.8, 4) is 11.8 Å². The molecule has 0 aromatic carbocycles. The van der Waals surface area contributed by atoms with Crippen LogP contribution in [0.3, 0.4) is 0 Å². The zero-order valence-electron chi connectivity index (χ0n) is 25.2. The third kappa shape index (κ3) is 13.4. The molecule has 0 saturated carbocycles. The number of aromatic nitrogens is 1. The number of imide groups is 1. The molecule has 0 radical (unpaired) electrons. The second-order valence-corrected chi connectivity index (χ2v) is 19.2. The zero-order valence-corrected chi connectivity index (χ0v) is 30.5. The van der Waals surface area contributed by atoms with Gasteiger partial charge in [0.25, 0.3) is 0 Å². The van der Waals surface area contributed by atoms with Crippen molar-refractivity contribution in [1.29, 1.82) is 1.28 Å². The number of thiazole rings is 1. The van der Waals surface area contributed by atoms with Crippen molar-refractivity contribution in [1.82, 2.24) is 9.88 Å². The molecule has 41 heavy (non-hydrogen) atoms. The van der Waals surface area contributed by atoms with Gasteiger partial charge in [0.1, 0.15) is 13.0 Å².